The number of nitrogens with one attached hydrogen (secondary N) is 2. The Morgan fingerprint density at radius 1 is 1.22 bits per heavy atom. The lowest BCUT2D eigenvalue weighted by Crippen LogP contribution is -2.36. The molecule has 0 aliphatic carbocycles. The zero-order valence-electron chi connectivity index (χ0n) is 14.3. The smallest absolute Gasteiger partial charge is 0.442 e. The van der Waals surface area contributed by atoms with E-state index in [0.29, 0.717) is 11.4 Å². The van der Waals surface area contributed by atoms with Crippen LogP contribution in [0.5, 0.6) is 0 Å². The van der Waals surface area contributed by atoms with Gasteiger partial charge in [0.15, 0.2) is 0 Å². The fourth-order valence-corrected chi connectivity index (χ4v) is 3.08. The molecule has 1 heterocycles. The summed E-state index contributed by atoms with van der Waals surface area (Å²) in [7, 11) is 0. The van der Waals surface area contributed by atoms with E-state index in [9.17, 15) is 14.4 Å². The van der Waals surface area contributed by atoms with Crippen molar-refractivity contribution < 1.29 is 23.9 Å². The lowest BCUT2D eigenvalue weighted by atomic mass is 10.2. The Labute approximate surface area is 157 Å². The predicted octanol–water partition coefficient (Wildman–Crippen LogP) is 1.98. The van der Waals surface area contributed by atoms with Gasteiger partial charge in [0, 0.05) is 17.8 Å². The first-order chi connectivity index (χ1) is 12.9. The van der Waals surface area contributed by atoms with Crippen LogP contribution in [-0.4, -0.2) is 28.0 Å². The fourth-order valence-electron chi connectivity index (χ4n) is 2.31. The number of carboxylic acid groups (broad SMARTS) is 1. The number of hydrogen-bond acceptors (Lipinski definition) is 5. The Balaban J connectivity index is 1.70. The van der Waals surface area contributed by atoms with Gasteiger partial charge in [-0.05, 0) is 46.8 Å². The van der Waals surface area contributed by atoms with Crippen molar-refractivity contribution in [2.24, 2.45) is 0 Å². The quantitative estimate of drug-likeness (QED) is 0.441. The summed E-state index contributed by atoms with van der Waals surface area (Å²) in [5, 5.41) is 14.3. The van der Waals surface area contributed by atoms with Crippen molar-refractivity contribution >= 4 is 29.3 Å². The number of aryl methyl sites for hydroxylation is 1. The maximum Gasteiger partial charge on any atom is 0.442 e. The number of anilines is 1. The first-order valence-corrected chi connectivity index (χ1v) is 8.89. The number of amides is 1. The number of thioether (sulfide) groups is 1. The van der Waals surface area contributed by atoms with E-state index in [1.165, 1.54) is 16.8 Å². The number of carboxylic acids is 1. The van der Waals surface area contributed by atoms with Gasteiger partial charge in [0.05, 0.1) is 11.3 Å². The molecule has 1 aromatic heterocycles. The molecule has 0 unspecified atom stereocenters. The Kier molecular flexibility index (Phi) is 5.41. The number of rotatable bonds is 6. The van der Waals surface area contributed by atoms with Gasteiger partial charge in [0.1, 0.15) is 0 Å². The number of aromatic nitrogens is 2. The van der Waals surface area contributed by atoms with Gasteiger partial charge in [-0.15, -0.1) is 0 Å². The Hall–Kier alpha value is -3.33. The summed E-state index contributed by atoms with van der Waals surface area (Å²) in [6.07, 6.45) is 0. The summed E-state index contributed by atoms with van der Waals surface area (Å²) in [4.78, 5) is 35.1. The number of H-pyrrole nitrogens is 1. The first-order valence-electron chi connectivity index (χ1n) is 7.90. The highest BCUT2D eigenvalue weighted by Gasteiger charge is 2.25. The van der Waals surface area contributed by atoms with Crippen molar-refractivity contribution in [1.29, 1.82) is 0 Å². The number of aromatic carboxylic acids is 1. The van der Waals surface area contributed by atoms with Gasteiger partial charge in [-0.1, -0.05) is 23.8 Å². The lowest BCUT2D eigenvalue weighted by molar-refractivity contribution is -0.704. The second-order valence-electron chi connectivity index (χ2n) is 5.68. The lowest BCUT2D eigenvalue weighted by Gasteiger charge is -2.04. The largest absolute Gasteiger partial charge is 0.478 e. The van der Waals surface area contributed by atoms with Gasteiger partial charge < -0.3 is 10.4 Å². The van der Waals surface area contributed by atoms with Crippen LogP contribution in [0.2, 0.25) is 0 Å². The maximum absolute atomic E-state index is 12.2. The van der Waals surface area contributed by atoms with Crippen molar-refractivity contribution in [3.8, 4) is 5.69 Å². The molecule has 0 atom stereocenters. The molecule has 0 bridgehead atoms. The van der Waals surface area contributed by atoms with Crippen LogP contribution in [0, 0.1) is 6.92 Å². The molecule has 138 valence electrons. The van der Waals surface area contributed by atoms with E-state index in [0.717, 1.165) is 17.3 Å². The van der Waals surface area contributed by atoms with Gasteiger partial charge in [0.2, 0.25) is 11.6 Å². The van der Waals surface area contributed by atoms with Crippen molar-refractivity contribution in [1.82, 2.24) is 5.27 Å². The van der Waals surface area contributed by atoms with Crippen molar-refractivity contribution in [2.45, 2.75) is 11.9 Å². The van der Waals surface area contributed by atoms with Gasteiger partial charge in [-0.2, -0.15) is 0 Å². The van der Waals surface area contributed by atoms with Crippen LogP contribution in [0.1, 0.15) is 15.9 Å². The second kappa shape index (κ2) is 7.92. The predicted molar refractivity (Wildman–Crippen MR) is 98.4 cm³/mol. The summed E-state index contributed by atoms with van der Waals surface area (Å²) in [5.74, 6) is -1.51. The van der Waals surface area contributed by atoms with Crippen molar-refractivity contribution in [2.75, 3.05) is 11.1 Å². The van der Waals surface area contributed by atoms with Crippen LogP contribution in [0.25, 0.3) is 5.69 Å². The summed E-state index contributed by atoms with van der Waals surface area (Å²) < 4.78 is 6.30. The van der Waals surface area contributed by atoms with E-state index < -0.39 is 11.6 Å². The highest BCUT2D eigenvalue weighted by atomic mass is 32.2. The van der Waals surface area contributed by atoms with Crippen LogP contribution >= 0.6 is 11.8 Å². The summed E-state index contributed by atoms with van der Waals surface area (Å²) >= 11 is 1.01. The molecule has 8 nitrogen and oxygen atoms in total. The highest BCUT2D eigenvalue weighted by Crippen LogP contribution is 2.14. The van der Waals surface area contributed by atoms with Gasteiger partial charge in [0.25, 0.3) is 0 Å². The SMILES string of the molecule is Cc1ccc(-[n+]2[nH]oc(=O)c2SCC(=O)Nc2cccc(C(=O)O)c2)cc1. The molecule has 1 amide bonds. The van der Waals surface area contributed by atoms with Crippen LogP contribution in [0.4, 0.5) is 5.69 Å². The van der Waals surface area contributed by atoms with E-state index in [4.69, 9.17) is 9.63 Å². The zero-order valence-corrected chi connectivity index (χ0v) is 15.1. The van der Waals surface area contributed by atoms with E-state index >= 15 is 0 Å². The van der Waals surface area contributed by atoms with Crippen molar-refractivity contribution in [3.05, 3.63) is 70.1 Å². The third-order valence-corrected chi connectivity index (χ3v) is 4.66. The molecule has 0 saturated carbocycles. The number of aromatic amines is 1. The number of benzene rings is 2. The Morgan fingerprint density at radius 3 is 2.67 bits per heavy atom. The normalized spacial score (nSPS) is 10.6. The molecule has 9 heteroatoms. The molecule has 3 aromatic rings. The molecule has 2 aromatic carbocycles. The standard InChI is InChI=1S/C18H15N3O5S/c1-11-5-7-14(8-6-11)21-16(18(25)26-20-21)27-10-15(22)19-13-4-2-3-12(9-13)17(23)24/h2-9H,10H2,1H3,(H2-,19,20,22,23,24,25)/p+1. The number of carbonyl (C=O) groups excluding carboxylic acids is 1. The minimum Gasteiger partial charge on any atom is -0.478 e. The minimum absolute atomic E-state index is 0.0498. The molecule has 27 heavy (non-hydrogen) atoms. The maximum atomic E-state index is 12.2. The first kappa shape index (κ1) is 18.5. The summed E-state index contributed by atoms with van der Waals surface area (Å²) in [5.41, 5.74) is 1.63. The third-order valence-electron chi connectivity index (χ3n) is 3.63. The molecular formula is C18H16N3O5S+. The van der Waals surface area contributed by atoms with Crippen LogP contribution < -0.4 is 15.6 Å². The molecule has 0 spiro atoms. The molecule has 3 N–H and O–H groups in total. The average Bonchev–Trinajstić information content (AvgIpc) is 3.01. The molecule has 3 rings (SSSR count). The molecule has 0 saturated heterocycles. The number of carbonyl (C=O) groups is 2. The Bertz CT molecular complexity index is 1040. The van der Waals surface area contributed by atoms with Gasteiger partial charge >= 0.3 is 16.6 Å². The van der Waals surface area contributed by atoms with Crippen LogP contribution in [-0.2, 0) is 4.79 Å². The molecule has 0 aliphatic heterocycles. The molecule has 0 aliphatic rings. The van der Waals surface area contributed by atoms with Gasteiger partial charge in [-0.25, -0.2) is 9.59 Å². The average molecular weight is 386 g/mol. The van der Waals surface area contributed by atoms with E-state index in [2.05, 4.69) is 10.6 Å². The third kappa shape index (κ3) is 4.45. The number of hydrogen-bond donors (Lipinski definition) is 3. The van der Waals surface area contributed by atoms with Crippen LogP contribution in [0.15, 0.2) is 62.9 Å². The zero-order chi connectivity index (χ0) is 19.4. The monoisotopic (exact) mass is 386 g/mol. The van der Waals surface area contributed by atoms with E-state index in [1.807, 2.05) is 31.2 Å². The summed E-state index contributed by atoms with van der Waals surface area (Å²) in [6, 6.07) is 13.4. The second-order valence-corrected chi connectivity index (χ2v) is 6.64. The topological polar surface area (TPSA) is 116 Å². The van der Waals surface area contributed by atoms with E-state index in [-0.39, 0.29) is 22.2 Å². The Morgan fingerprint density at radius 2 is 1.96 bits per heavy atom. The van der Waals surface area contributed by atoms with Crippen LogP contribution in [0.3, 0.4) is 0 Å². The van der Waals surface area contributed by atoms with Gasteiger partial charge in [-0.3, -0.25) is 9.32 Å². The summed E-state index contributed by atoms with van der Waals surface area (Å²) in [6.45, 7) is 1.95. The fraction of sp³-hybridized carbons (Fsp3) is 0.111. The highest BCUT2D eigenvalue weighted by molar-refractivity contribution is 7.99. The molecule has 0 radical (unpaired) electrons. The minimum atomic E-state index is -1.08. The molecular weight excluding hydrogens is 370 g/mol. The molecule has 0 fully saturated rings. The van der Waals surface area contributed by atoms with E-state index in [1.54, 1.807) is 12.1 Å². The van der Waals surface area contributed by atoms with Crippen molar-refractivity contribution in [3.63, 3.8) is 0 Å². The number of nitrogens with zero attached hydrogens (tertiary/aromatic N) is 1.